The molecule has 7 nitrogen and oxygen atoms in total. The lowest BCUT2D eigenvalue weighted by atomic mass is 9.93. The van der Waals surface area contributed by atoms with Crippen LogP contribution in [0.1, 0.15) is 56.2 Å². The maximum absolute atomic E-state index is 13.1. The van der Waals surface area contributed by atoms with Gasteiger partial charge in [0, 0.05) is 36.7 Å². The summed E-state index contributed by atoms with van der Waals surface area (Å²) >= 11 is 0. The number of furan rings is 1. The summed E-state index contributed by atoms with van der Waals surface area (Å²) in [5.74, 6) is 1.27. The summed E-state index contributed by atoms with van der Waals surface area (Å²) in [5.41, 5.74) is 6.48. The van der Waals surface area contributed by atoms with Gasteiger partial charge in [0.15, 0.2) is 5.76 Å². The fraction of sp³-hybridized carbons (Fsp3) is 0.269. The van der Waals surface area contributed by atoms with Crippen LogP contribution in [-0.2, 0) is 13.0 Å². The first-order valence-corrected chi connectivity index (χ1v) is 10.9. The first kappa shape index (κ1) is 22.3. The highest BCUT2D eigenvalue weighted by Crippen LogP contribution is 2.30. The predicted molar refractivity (Wildman–Crippen MR) is 126 cm³/mol. The van der Waals surface area contributed by atoms with Crippen LogP contribution in [0.15, 0.2) is 64.1 Å². The summed E-state index contributed by atoms with van der Waals surface area (Å²) in [4.78, 5) is 27.3. The molecule has 4 rings (SSSR count). The molecule has 170 valence electrons. The molecule has 0 spiro atoms. The zero-order chi connectivity index (χ0) is 23.4. The standard InChI is InChI=1S/C26H27N3O4/c1-17-23-21(27-28-25(30)19-12-14-20(32-3)15-13-19)10-7-11-22(23)33-24(17)26(31)29(2)16-18-8-5-4-6-9-18/h4-6,8-9,12-15H,7,10-11,16H2,1-3H3,(H,28,30)/b27-21+. The fourth-order valence-electron chi connectivity index (χ4n) is 4.01. The number of aryl methyl sites for hydroxylation is 1. The second kappa shape index (κ2) is 9.73. The lowest BCUT2D eigenvalue weighted by Gasteiger charge is -2.16. The minimum absolute atomic E-state index is 0.174. The van der Waals surface area contributed by atoms with E-state index in [1.54, 1.807) is 43.3 Å². The molecule has 0 saturated heterocycles. The van der Waals surface area contributed by atoms with Crippen LogP contribution in [0.25, 0.3) is 0 Å². The van der Waals surface area contributed by atoms with Crippen molar-refractivity contribution in [3.8, 4) is 5.75 Å². The van der Waals surface area contributed by atoms with Gasteiger partial charge < -0.3 is 14.1 Å². The van der Waals surface area contributed by atoms with Crippen LogP contribution in [0, 0.1) is 6.92 Å². The van der Waals surface area contributed by atoms with Crippen LogP contribution >= 0.6 is 0 Å². The van der Waals surface area contributed by atoms with Crippen molar-refractivity contribution in [1.29, 1.82) is 0 Å². The largest absolute Gasteiger partial charge is 0.497 e. The second-order valence-corrected chi connectivity index (χ2v) is 8.08. The number of hydrogen-bond acceptors (Lipinski definition) is 5. The molecular formula is C26H27N3O4. The SMILES string of the molecule is COc1ccc(C(=O)N/N=C2\CCCc3oc(C(=O)N(C)Cc4ccccc4)c(C)c32)cc1. The van der Waals surface area contributed by atoms with Gasteiger partial charge in [-0.05, 0) is 49.6 Å². The quantitative estimate of drug-likeness (QED) is 0.572. The van der Waals surface area contributed by atoms with Crippen molar-refractivity contribution in [1.82, 2.24) is 10.3 Å². The molecule has 0 radical (unpaired) electrons. The van der Waals surface area contributed by atoms with Gasteiger partial charge in [0.1, 0.15) is 11.5 Å². The average Bonchev–Trinajstić information content (AvgIpc) is 3.19. The van der Waals surface area contributed by atoms with Crippen molar-refractivity contribution in [3.05, 3.63) is 88.4 Å². The number of ether oxygens (including phenoxy) is 1. The highest BCUT2D eigenvalue weighted by molar-refractivity contribution is 6.07. The molecule has 33 heavy (non-hydrogen) atoms. The number of amides is 2. The Morgan fingerprint density at radius 3 is 2.52 bits per heavy atom. The van der Waals surface area contributed by atoms with Crippen molar-refractivity contribution in [3.63, 3.8) is 0 Å². The number of fused-ring (bicyclic) bond motifs is 1. The summed E-state index contributed by atoms with van der Waals surface area (Å²) in [5, 5.41) is 4.39. The third-order valence-electron chi connectivity index (χ3n) is 5.77. The Labute approximate surface area is 193 Å². The van der Waals surface area contributed by atoms with Crippen molar-refractivity contribution in [2.24, 2.45) is 5.10 Å². The lowest BCUT2D eigenvalue weighted by Crippen LogP contribution is -2.26. The van der Waals surface area contributed by atoms with Gasteiger partial charge in [-0.25, -0.2) is 5.43 Å². The number of hydrazone groups is 1. The van der Waals surface area contributed by atoms with E-state index in [1.807, 2.05) is 37.3 Å². The molecule has 0 atom stereocenters. The van der Waals surface area contributed by atoms with Crippen LogP contribution in [0.3, 0.4) is 0 Å². The minimum Gasteiger partial charge on any atom is -0.497 e. The van der Waals surface area contributed by atoms with Crippen molar-refractivity contribution in [2.75, 3.05) is 14.2 Å². The number of carbonyl (C=O) groups is 2. The van der Waals surface area contributed by atoms with Crippen LogP contribution in [0.2, 0.25) is 0 Å². The molecule has 1 aromatic heterocycles. The van der Waals surface area contributed by atoms with Gasteiger partial charge in [-0.3, -0.25) is 9.59 Å². The molecule has 1 aliphatic carbocycles. The molecule has 0 bridgehead atoms. The summed E-state index contributed by atoms with van der Waals surface area (Å²) in [7, 11) is 3.34. The second-order valence-electron chi connectivity index (χ2n) is 8.08. The Morgan fingerprint density at radius 2 is 1.82 bits per heavy atom. The Hall–Kier alpha value is -3.87. The molecular weight excluding hydrogens is 418 g/mol. The lowest BCUT2D eigenvalue weighted by molar-refractivity contribution is 0.0750. The highest BCUT2D eigenvalue weighted by Gasteiger charge is 2.29. The Balaban J connectivity index is 1.53. The Kier molecular flexibility index (Phi) is 6.58. The van der Waals surface area contributed by atoms with Crippen LogP contribution < -0.4 is 10.2 Å². The van der Waals surface area contributed by atoms with Gasteiger partial charge in [-0.1, -0.05) is 30.3 Å². The monoisotopic (exact) mass is 445 g/mol. The van der Waals surface area contributed by atoms with Crippen molar-refractivity contribution < 1.29 is 18.7 Å². The third kappa shape index (κ3) is 4.82. The number of nitrogens with one attached hydrogen (secondary N) is 1. The molecule has 2 amide bonds. The molecule has 1 N–H and O–H groups in total. The molecule has 0 fully saturated rings. The van der Waals surface area contributed by atoms with Gasteiger partial charge in [0.25, 0.3) is 11.8 Å². The normalized spacial score (nSPS) is 14.0. The van der Waals surface area contributed by atoms with Gasteiger partial charge in [-0.15, -0.1) is 0 Å². The number of rotatable bonds is 6. The van der Waals surface area contributed by atoms with Crippen LogP contribution in [0.4, 0.5) is 0 Å². The molecule has 2 aromatic carbocycles. The maximum Gasteiger partial charge on any atom is 0.289 e. The molecule has 0 unspecified atom stereocenters. The first-order chi connectivity index (χ1) is 16.0. The third-order valence-corrected chi connectivity index (χ3v) is 5.77. The van der Waals surface area contributed by atoms with E-state index in [0.717, 1.165) is 41.0 Å². The van der Waals surface area contributed by atoms with Crippen LogP contribution in [-0.4, -0.2) is 36.6 Å². The number of nitrogens with zero attached hydrogens (tertiary/aromatic N) is 2. The van der Waals surface area contributed by atoms with E-state index >= 15 is 0 Å². The average molecular weight is 446 g/mol. The van der Waals surface area contributed by atoms with E-state index in [-0.39, 0.29) is 11.8 Å². The molecule has 1 heterocycles. The zero-order valence-corrected chi connectivity index (χ0v) is 19.1. The summed E-state index contributed by atoms with van der Waals surface area (Å²) in [6.07, 6.45) is 2.27. The van der Waals surface area contributed by atoms with E-state index in [9.17, 15) is 9.59 Å². The number of hydrogen-bond donors (Lipinski definition) is 1. The van der Waals surface area contributed by atoms with Crippen molar-refractivity contribution in [2.45, 2.75) is 32.7 Å². The van der Waals surface area contributed by atoms with Crippen molar-refractivity contribution >= 4 is 17.5 Å². The maximum atomic E-state index is 13.1. The van der Waals surface area contributed by atoms with E-state index in [1.165, 1.54) is 0 Å². The highest BCUT2D eigenvalue weighted by atomic mass is 16.5. The smallest absolute Gasteiger partial charge is 0.289 e. The van der Waals surface area contributed by atoms with E-state index in [2.05, 4.69) is 10.5 Å². The van der Waals surface area contributed by atoms with Gasteiger partial charge in [0.2, 0.25) is 0 Å². The van der Waals surface area contributed by atoms with Crippen LogP contribution in [0.5, 0.6) is 5.75 Å². The minimum atomic E-state index is -0.308. The summed E-state index contributed by atoms with van der Waals surface area (Å²) in [6, 6.07) is 16.6. The Bertz CT molecular complexity index is 1180. The van der Waals surface area contributed by atoms with Gasteiger partial charge in [0.05, 0.1) is 12.8 Å². The van der Waals surface area contributed by atoms with E-state index < -0.39 is 0 Å². The fourth-order valence-corrected chi connectivity index (χ4v) is 4.01. The summed E-state index contributed by atoms with van der Waals surface area (Å²) < 4.78 is 11.1. The summed E-state index contributed by atoms with van der Waals surface area (Å²) in [6.45, 7) is 2.36. The predicted octanol–water partition coefficient (Wildman–Crippen LogP) is 4.34. The number of methoxy groups -OCH3 is 1. The zero-order valence-electron chi connectivity index (χ0n) is 19.1. The molecule has 1 aliphatic rings. The molecule has 3 aromatic rings. The Morgan fingerprint density at radius 1 is 1.09 bits per heavy atom. The molecule has 0 aliphatic heterocycles. The van der Waals surface area contributed by atoms with Gasteiger partial charge >= 0.3 is 0 Å². The number of carbonyl (C=O) groups excluding carboxylic acids is 2. The molecule has 7 heteroatoms. The topological polar surface area (TPSA) is 84.1 Å². The van der Waals surface area contributed by atoms with E-state index in [0.29, 0.717) is 30.0 Å². The number of benzene rings is 2. The molecule has 0 saturated carbocycles. The first-order valence-electron chi connectivity index (χ1n) is 10.9. The van der Waals surface area contributed by atoms with Gasteiger partial charge in [-0.2, -0.15) is 5.10 Å². The van der Waals surface area contributed by atoms with E-state index in [4.69, 9.17) is 9.15 Å².